The Labute approximate surface area is 91.7 Å². The molecule has 0 aliphatic heterocycles. The second kappa shape index (κ2) is 4.39. The first-order chi connectivity index (χ1) is 7.28. The molecule has 80 valence electrons. The number of aromatic nitrogens is 3. The Morgan fingerprint density at radius 2 is 2.40 bits per heavy atom. The van der Waals surface area contributed by atoms with Crippen LogP contribution < -0.4 is 5.32 Å². The van der Waals surface area contributed by atoms with Gasteiger partial charge in [-0.05, 0) is 6.92 Å². The molecule has 0 amide bonds. The first-order valence-electron chi connectivity index (χ1n) is 4.75. The molecule has 0 saturated carbocycles. The summed E-state index contributed by atoms with van der Waals surface area (Å²) in [7, 11) is 0. The number of aryl methyl sites for hydroxylation is 2. The van der Waals surface area contributed by atoms with E-state index in [4.69, 9.17) is 4.42 Å². The van der Waals surface area contributed by atoms with Gasteiger partial charge >= 0.3 is 0 Å². The molecule has 0 aliphatic carbocycles. The molecule has 15 heavy (non-hydrogen) atoms. The van der Waals surface area contributed by atoms with Crippen molar-refractivity contribution >= 4 is 16.7 Å². The van der Waals surface area contributed by atoms with Crippen molar-refractivity contribution in [2.24, 2.45) is 0 Å². The predicted molar refractivity (Wildman–Crippen MR) is 57.9 cm³/mol. The van der Waals surface area contributed by atoms with E-state index in [-0.39, 0.29) is 0 Å². The molecule has 0 aliphatic rings. The molecule has 0 aromatic carbocycles. The van der Waals surface area contributed by atoms with Gasteiger partial charge in [0, 0.05) is 18.0 Å². The number of hydrogen-bond acceptors (Lipinski definition) is 6. The molecule has 0 unspecified atom stereocenters. The van der Waals surface area contributed by atoms with Crippen molar-refractivity contribution in [3.05, 3.63) is 23.7 Å². The van der Waals surface area contributed by atoms with Crippen molar-refractivity contribution in [2.45, 2.75) is 26.8 Å². The van der Waals surface area contributed by atoms with Crippen LogP contribution in [0.4, 0.5) is 5.13 Å². The van der Waals surface area contributed by atoms with E-state index in [0.29, 0.717) is 12.4 Å². The van der Waals surface area contributed by atoms with Gasteiger partial charge in [0.05, 0.1) is 12.7 Å². The molecule has 2 aromatic rings. The number of nitrogens with zero attached hydrogens (tertiary/aromatic N) is 3. The fraction of sp³-hybridized carbons (Fsp3) is 0.444. The van der Waals surface area contributed by atoms with Crippen LogP contribution in [0.25, 0.3) is 0 Å². The molecule has 0 atom stereocenters. The largest absolute Gasteiger partial charge is 0.444 e. The van der Waals surface area contributed by atoms with Crippen LogP contribution in [-0.4, -0.2) is 14.3 Å². The zero-order valence-electron chi connectivity index (χ0n) is 8.65. The van der Waals surface area contributed by atoms with Gasteiger partial charge in [-0.25, -0.2) is 9.97 Å². The highest BCUT2D eigenvalue weighted by molar-refractivity contribution is 7.09. The van der Waals surface area contributed by atoms with E-state index >= 15 is 0 Å². The van der Waals surface area contributed by atoms with E-state index in [1.807, 2.05) is 13.8 Å². The zero-order valence-corrected chi connectivity index (χ0v) is 9.47. The van der Waals surface area contributed by atoms with Crippen molar-refractivity contribution < 1.29 is 4.42 Å². The Morgan fingerprint density at radius 3 is 3.00 bits per heavy atom. The summed E-state index contributed by atoms with van der Waals surface area (Å²) in [6, 6.07) is 0. The van der Waals surface area contributed by atoms with E-state index in [0.717, 1.165) is 23.1 Å². The van der Waals surface area contributed by atoms with E-state index in [9.17, 15) is 0 Å². The fourth-order valence-corrected chi connectivity index (χ4v) is 1.75. The zero-order chi connectivity index (χ0) is 10.7. The Kier molecular flexibility index (Phi) is 2.96. The van der Waals surface area contributed by atoms with Gasteiger partial charge in [0.2, 0.25) is 11.0 Å². The van der Waals surface area contributed by atoms with Gasteiger partial charge in [0.25, 0.3) is 0 Å². The SMILES string of the molecule is CCc1nsc(NCc2ncc(C)o2)n1. The maximum Gasteiger partial charge on any atom is 0.213 e. The molecule has 0 saturated heterocycles. The van der Waals surface area contributed by atoms with Crippen LogP contribution in [0.3, 0.4) is 0 Å². The maximum atomic E-state index is 5.32. The van der Waals surface area contributed by atoms with Crippen molar-refractivity contribution in [3.63, 3.8) is 0 Å². The van der Waals surface area contributed by atoms with Crippen molar-refractivity contribution in [1.82, 2.24) is 14.3 Å². The Hall–Kier alpha value is -1.43. The third-order valence-electron chi connectivity index (χ3n) is 1.84. The topological polar surface area (TPSA) is 63.8 Å². The van der Waals surface area contributed by atoms with E-state index in [2.05, 4.69) is 19.7 Å². The first kappa shape index (κ1) is 10.1. The van der Waals surface area contributed by atoms with Gasteiger partial charge in [-0.15, -0.1) is 0 Å². The predicted octanol–water partition coefficient (Wildman–Crippen LogP) is 2.01. The maximum absolute atomic E-state index is 5.32. The van der Waals surface area contributed by atoms with Crippen LogP contribution in [0, 0.1) is 6.92 Å². The summed E-state index contributed by atoms with van der Waals surface area (Å²) in [6.07, 6.45) is 2.56. The average molecular weight is 224 g/mol. The quantitative estimate of drug-likeness (QED) is 0.860. The van der Waals surface area contributed by atoms with Crippen LogP contribution in [0.1, 0.15) is 24.4 Å². The minimum Gasteiger partial charge on any atom is -0.444 e. The van der Waals surface area contributed by atoms with Gasteiger partial charge in [0.15, 0.2) is 0 Å². The molecule has 0 spiro atoms. The van der Waals surface area contributed by atoms with Crippen LogP contribution in [0.2, 0.25) is 0 Å². The summed E-state index contributed by atoms with van der Waals surface area (Å²) in [4.78, 5) is 8.36. The summed E-state index contributed by atoms with van der Waals surface area (Å²) >= 11 is 1.36. The number of oxazole rings is 1. The summed E-state index contributed by atoms with van der Waals surface area (Å²) in [6.45, 7) is 4.45. The molecule has 5 nitrogen and oxygen atoms in total. The highest BCUT2D eigenvalue weighted by atomic mass is 32.1. The van der Waals surface area contributed by atoms with Gasteiger partial charge in [-0.3, -0.25) is 0 Å². The molecular formula is C9H12N4OS. The van der Waals surface area contributed by atoms with Gasteiger partial charge in [-0.2, -0.15) is 4.37 Å². The summed E-state index contributed by atoms with van der Waals surface area (Å²) in [5, 5.41) is 3.93. The number of rotatable bonds is 4. The van der Waals surface area contributed by atoms with Crippen molar-refractivity contribution in [2.75, 3.05) is 5.32 Å². The van der Waals surface area contributed by atoms with Crippen LogP contribution >= 0.6 is 11.5 Å². The second-order valence-electron chi connectivity index (χ2n) is 3.09. The molecule has 0 bridgehead atoms. The fourth-order valence-electron chi connectivity index (χ4n) is 1.10. The molecule has 0 radical (unpaired) electrons. The minimum absolute atomic E-state index is 0.548. The molecule has 2 heterocycles. The van der Waals surface area contributed by atoms with Gasteiger partial charge in [-0.1, -0.05) is 6.92 Å². The lowest BCUT2D eigenvalue weighted by Gasteiger charge is -1.96. The Morgan fingerprint density at radius 1 is 1.53 bits per heavy atom. The highest BCUT2D eigenvalue weighted by Crippen LogP contribution is 2.12. The molecule has 2 rings (SSSR count). The lowest BCUT2D eigenvalue weighted by atomic mass is 10.5. The second-order valence-corrected chi connectivity index (χ2v) is 3.84. The standard InChI is InChI=1S/C9H12N4OS/c1-3-7-12-9(15-13-7)11-5-8-10-4-6(2)14-8/h4H,3,5H2,1-2H3,(H,11,12,13). The van der Waals surface area contributed by atoms with E-state index in [1.165, 1.54) is 11.5 Å². The van der Waals surface area contributed by atoms with Crippen LogP contribution in [-0.2, 0) is 13.0 Å². The van der Waals surface area contributed by atoms with Gasteiger partial charge < -0.3 is 9.73 Å². The lowest BCUT2D eigenvalue weighted by molar-refractivity contribution is 0.479. The molecule has 6 heteroatoms. The van der Waals surface area contributed by atoms with Crippen molar-refractivity contribution in [3.8, 4) is 0 Å². The summed E-state index contributed by atoms with van der Waals surface area (Å²) < 4.78 is 9.49. The van der Waals surface area contributed by atoms with Crippen LogP contribution in [0.5, 0.6) is 0 Å². The van der Waals surface area contributed by atoms with E-state index < -0.39 is 0 Å². The number of nitrogens with one attached hydrogen (secondary N) is 1. The van der Waals surface area contributed by atoms with E-state index in [1.54, 1.807) is 6.20 Å². The molecule has 0 fully saturated rings. The summed E-state index contributed by atoms with van der Waals surface area (Å²) in [5.74, 6) is 2.35. The highest BCUT2D eigenvalue weighted by Gasteiger charge is 2.04. The summed E-state index contributed by atoms with van der Waals surface area (Å²) in [5.41, 5.74) is 0. The molecular weight excluding hydrogens is 212 g/mol. The van der Waals surface area contributed by atoms with Crippen LogP contribution in [0.15, 0.2) is 10.6 Å². The lowest BCUT2D eigenvalue weighted by Crippen LogP contribution is -1.99. The smallest absolute Gasteiger partial charge is 0.213 e. The first-order valence-corrected chi connectivity index (χ1v) is 5.53. The normalized spacial score (nSPS) is 10.5. The minimum atomic E-state index is 0.548. The monoisotopic (exact) mass is 224 g/mol. The third-order valence-corrected chi connectivity index (χ3v) is 2.55. The van der Waals surface area contributed by atoms with Gasteiger partial charge in [0.1, 0.15) is 11.6 Å². The average Bonchev–Trinajstić information content (AvgIpc) is 2.83. The van der Waals surface area contributed by atoms with Crippen molar-refractivity contribution in [1.29, 1.82) is 0 Å². The Bertz CT molecular complexity index is 437. The number of hydrogen-bond donors (Lipinski definition) is 1. The molecule has 1 N–H and O–H groups in total. The Balaban J connectivity index is 1.93. The third kappa shape index (κ3) is 2.53. The number of anilines is 1. The molecule has 2 aromatic heterocycles.